The number of aliphatic hydroxyl groups is 1. The number of rotatable bonds is 3. The first-order valence-corrected chi connectivity index (χ1v) is 6.37. The lowest BCUT2D eigenvalue weighted by atomic mass is 10.2. The Labute approximate surface area is 106 Å². The molecule has 1 atom stereocenters. The van der Waals surface area contributed by atoms with Gasteiger partial charge in [0.1, 0.15) is 17.5 Å². The number of aromatic nitrogens is 2. The van der Waals surface area contributed by atoms with Gasteiger partial charge in [0.15, 0.2) is 0 Å². The van der Waals surface area contributed by atoms with E-state index in [4.69, 9.17) is 10.5 Å². The van der Waals surface area contributed by atoms with Crippen LogP contribution in [0.25, 0.3) is 0 Å². The van der Waals surface area contributed by atoms with Crippen molar-refractivity contribution in [1.29, 1.82) is 0 Å². The summed E-state index contributed by atoms with van der Waals surface area (Å²) in [5.74, 6) is 2.63. The van der Waals surface area contributed by atoms with E-state index in [0.717, 1.165) is 31.0 Å². The van der Waals surface area contributed by atoms with Gasteiger partial charge in [-0.15, -0.1) is 0 Å². The third-order valence-electron chi connectivity index (χ3n) is 3.42. The lowest BCUT2D eigenvalue weighted by Crippen LogP contribution is -2.48. The van der Waals surface area contributed by atoms with E-state index in [1.807, 2.05) is 0 Å². The van der Waals surface area contributed by atoms with Gasteiger partial charge in [0.05, 0.1) is 25.9 Å². The van der Waals surface area contributed by atoms with Crippen molar-refractivity contribution in [2.75, 3.05) is 37.0 Å². The van der Waals surface area contributed by atoms with Crippen LogP contribution in [0.4, 0.5) is 11.6 Å². The first-order valence-electron chi connectivity index (χ1n) is 6.37. The highest BCUT2D eigenvalue weighted by Crippen LogP contribution is 2.39. The molecule has 1 saturated carbocycles. The van der Waals surface area contributed by atoms with Crippen LogP contribution in [0.1, 0.15) is 24.6 Å². The van der Waals surface area contributed by atoms with E-state index in [1.54, 1.807) is 6.07 Å². The normalized spacial score (nSPS) is 24.3. The molecule has 1 aliphatic carbocycles. The predicted octanol–water partition coefficient (Wildman–Crippen LogP) is 0.134. The lowest BCUT2D eigenvalue weighted by molar-refractivity contribution is 0.0722. The molecule has 1 aromatic rings. The molecular formula is C12H18N4O2. The van der Waals surface area contributed by atoms with Crippen molar-refractivity contribution in [1.82, 2.24) is 9.97 Å². The average Bonchev–Trinajstić information content (AvgIpc) is 3.22. The molecule has 98 valence electrons. The van der Waals surface area contributed by atoms with E-state index in [2.05, 4.69) is 14.9 Å². The topological polar surface area (TPSA) is 84.5 Å². The molecule has 1 unspecified atom stereocenters. The number of anilines is 2. The monoisotopic (exact) mass is 250 g/mol. The van der Waals surface area contributed by atoms with Crippen LogP contribution in [0.3, 0.4) is 0 Å². The number of nitrogens with zero attached hydrogens (tertiary/aromatic N) is 3. The van der Waals surface area contributed by atoms with Gasteiger partial charge in [-0.1, -0.05) is 0 Å². The fraction of sp³-hybridized carbons (Fsp3) is 0.667. The third kappa shape index (κ3) is 2.26. The maximum atomic E-state index is 9.39. The zero-order valence-electron chi connectivity index (χ0n) is 10.2. The summed E-state index contributed by atoms with van der Waals surface area (Å²) in [7, 11) is 0. The van der Waals surface area contributed by atoms with Crippen molar-refractivity contribution in [3.8, 4) is 0 Å². The van der Waals surface area contributed by atoms with E-state index in [9.17, 15) is 5.11 Å². The quantitative estimate of drug-likeness (QED) is 0.793. The van der Waals surface area contributed by atoms with Crippen LogP contribution in [0.2, 0.25) is 0 Å². The molecule has 0 spiro atoms. The van der Waals surface area contributed by atoms with Crippen molar-refractivity contribution in [2.24, 2.45) is 0 Å². The molecular weight excluding hydrogens is 232 g/mol. The van der Waals surface area contributed by atoms with Crippen molar-refractivity contribution in [3.05, 3.63) is 11.9 Å². The summed E-state index contributed by atoms with van der Waals surface area (Å²) >= 11 is 0. The largest absolute Gasteiger partial charge is 0.394 e. The minimum absolute atomic E-state index is 0.0416. The Bertz CT molecular complexity index is 436. The highest BCUT2D eigenvalue weighted by molar-refractivity contribution is 5.48. The molecule has 0 aromatic carbocycles. The molecule has 18 heavy (non-hydrogen) atoms. The number of aliphatic hydroxyl groups excluding tert-OH is 1. The smallest absolute Gasteiger partial charge is 0.136 e. The van der Waals surface area contributed by atoms with Crippen LogP contribution in [0.15, 0.2) is 6.07 Å². The van der Waals surface area contributed by atoms with E-state index < -0.39 is 0 Å². The molecule has 2 aliphatic rings. The van der Waals surface area contributed by atoms with Crippen LogP contribution >= 0.6 is 0 Å². The fourth-order valence-electron chi connectivity index (χ4n) is 2.25. The Balaban J connectivity index is 1.89. The van der Waals surface area contributed by atoms with Gasteiger partial charge in [-0.2, -0.15) is 0 Å². The summed E-state index contributed by atoms with van der Waals surface area (Å²) < 4.78 is 5.37. The predicted molar refractivity (Wildman–Crippen MR) is 67.5 cm³/mol. The summed E-state index contributed by atoms with van der Waals surface area (Å²) in [5.41, 5.74) is 5.85. The second-order valence-corrected chi connectivity index (χ2v) is 4.89. The Morgan fingerprint density at radius 2 is 2.28 bits per heavy atom. The number of nitrogens with two attached hydrogens (primary N) is 1. The highest BCUT2D eigenvalue weighted by Gasteiger charge is 2.29. The standard InChI is InChI=1S/C12H18N4O2/c13-10-5-11(15-12(14-10)8-1-2-8)16-3-4-18-7-9(16)6-17/h5,8-9,17H,1-4,6-7H2,(H2,13,14,15). The van der Waals surface area contributed by atoms with Crippen LogP contribution in [0, 0.1) is 0 Å². The number of morpholine rings is 1. The number of ether oxygens (including phenoxy) is 1. The summed E-state index contributed by atoms with van der Waals surface area (Å²) in [4.78, 5) is 10.9. The lowest BCUT2D eigenvalue weighted by Gasteiger charge is -2.35. The van der Waals surface area contributed by atoms with E-state index >= 15 is 0 Å². The average molecular weight is 250 g/mol. The summed E-state index contributed by atoms with van der Waals surface area (Å²) in [6, 6.07) is 1.74. The molecule has 2 fully saturated rings. The van der Waals surface area contributed by atoms with Gasteiger partial charge < -0.3 is 20.5 Å². The molecule has 0 amide bonds. The van der Waals surface area contributed by atoms with Crippen molar-refractivity contribution >= 4 is 11.6 Å². The summed E-state index contributed by atoms with van der Waals surface area (Å²) in [6.45, 7) is 1.97. The highest BCUT2D eigenvalue weighted by atomic mass is 16.5. The minimum atomic E-state index is -0.0416. The fourth-order valence-corrected chi connectivity index (χ4v) is 2.25. The first kappa shape index (κ1) is 11.7. The van der Waals surface area contributed by atoms with Gasteiger partial charge in [0.25, 0.3) is 0 Å². The molecule has 6 nitrogen and oxygen atoms in total. The van der Waals surface area contributed by atoms with Crippen LogP contribution in [0.5, 0.6) is 0 Å². The van der Waals surface area contributed by atoms with Gasteiger partial charge in [0.2, 0.25) is 0 Å². The molecule has 1 saturated heterocycles. The second kappa shape index (κ2) is 4.70. The Kier molecular flexibility index (Phi) is 3.05. The van der Waals surface area contributed by atoms with Crippen molar-refractivity contribution < 1.29 is 9.84 Å². The van der Waals surface area contributed by atoms with Crippen LogP contribution < -0.4 is 10.6 Å². The molecule has 2 heterocycles. The van der Waals surface area contributed by atoms with Gasteiger partial charge in [0, 0.05) is 18.5 Å². The minimum Gasteiger partial charge on any atom is -0.394 e. The number of nitrogen functional groups attached to an aromatic ring is 1. The first-order chi connectivity index (χ1) is 8.78. The van der Waals surface area contributed by atoms with Gasteiger partial charge in [-0.25, -0.2) is 9.97 Å². The summed E-state index contributed by atoms with van der Waals surface area (Å²) in [5, 5.41) is 9.39. The molecule has 1 aromatic heterocycles. The molecule has 0 radical (unpaired) electrons. The molecule has 6 heteroatoms. The zero-order valence-corrected chi connectivity index (χ0v) is 10.2. The SMILES string of the molecule is Nc1cc(N2CCOCC2CO)nc(C2CC2)n1. The van der Waals surface area contributed by atoms with Gasteiger partial charge in [-0.05, 0) is 12.8 Å². The zero-order chi connectivity index (χ0) is 12.5. The maximum Gasteiger partial charge on any atom is 0.136 e. The van der Waals surface area contributed by atoms with Crippen LogP contribution in [-0.4, -0.2) is 47.5 Å². The van der Waals surface area contributed by atoms with Crippen LogP contribution in [-0.2, 0) is 4.74 Å². The van der Waals surface area contributed by atoms with Gasteiger partial charge in [-0.3, -0.25) is 0 Å². The van der Waals surface area contributed by atoms with Gasteiger partial charge >= 0.3 is 0 Å². The molecule has 3 rings (SSSR count). The Morgan fingerprint density at radius 1 is 1.44 bits per heavy atom. The Hall–Kier alpha value is -1.40. The number of hydrogen-bond donors (Lipinski definition) is 2. The van der Waals surface area contributed by atoms with E-state index in [-0.39, 0.29) is 12.6 Å². The molecule has 0 bridgehead atoms. The summed E-state index contributed by atoms with van der Waals surface area (Å²) in [6.07, 6.45) is 2.30. The third-order valence-corrected chi connectivity index (χ3v) is 3.42. The number of hydrogen-bond acceptors (Lipinski definition) is 6. The maximum absolute atomic E-state index is 9.39. The second-order valence-electron chi connectivity index (χ2n) is 4.89. The molecule has 3 N–H and O–H groups in total. The van der Waals surface area contributed by atoms with E-state index in [1.165, 1.54) is 0 Å². The van der Waals surface area contributed by atoms with Crippen molar-refractivity contribution in [3.63, 3.8) is 0 Å². The van der Waals surface area contributed by atoms with Crippen molar-refractivity contribution in [2.45, 2.75) is 24.8 Å². The molecule has 1 aliphatic heterocycles. The van der Waals surface area contributed by atoms with E-state index in [0.29, 0.717) is 24.9 Å². The Morgan fingerprint density at radius 3 is 3.00 bits per heavy atom.